The Bertz CT molecular complexity index is 437. The van der Waals surface area contributed by atoms with Crippen LogP contribution in [0.4, 0.5) is 4.39 Å². The van der Waals surface area contributed by atoms with E-state index in [1.165, 1.54) is 6.07 Å². The summed E-state index contributed by atoms with van der Waals surface area (Å²) in [7, 11) is 0. The molecule has 0 fully saturated rings. The number of aliphatic hydroxyl groups excluding tert-OH is 1. The van der Waals surface area contributed by atoms with Gasteiger partial charge in [-0.3, -0.25) is 4.79 Å². The highest BCUT2D eigenvalue weighted by Gasteiger charge is 2.11. The van der Waals surface area contributed by atoms with Crippen LogP contribution in [0.1, 0.15) is 25.8 Å². The van der Waals surface area contributed by atoms with Crippen LogP contribution in [0.2, 0.25) is 0 Å². The average Bonchev–Trinajstić information content (AvgIpc) is 2.30. The second-order valence-corrected chi connectivity index (χ2v) is 5.92. The zero-order valence-electron chi connectivity index (χ0n) is 11.1. The van der Waals surface area contributed by atoms with Crippen molar-refractivity contribution < 1.29 is 14.3 Å². The Morgan fingerprint density at radius 3 is 2.79 bits per heavy atom. The first-order valence-corrected chi connectivity index (χ1v) is 7.06. The lowest BCUT2D eigenvalue weighted by Gasteiger charge is -2.14. The van der Waals surface area contributed by atoms with E-state index in [-0.39, 0.29) is 18.9 Å². The first kappa shape index (κ1) is 16.1. The summed E-state index contributed by atoms with van der Waals surface area (Å²) in [6.45, 7) is 4.20. The molecule has 5 heteroatoms. The number of halogens is 2. The first-order valence-electron chi connectivity index (χ1n) is 6.27. The van der Waals surface area contributed by atoms with Gasteiger partial charge in [-0.1, -0.05) is 29.8 Å². The third-order valence-corrected chi connectivity index (χ3v) is 3.13. The predicted octanol–water partition coefficient (Wildman–Crippen LogP) is 2.65. The monoisotopic (exact) mass is 331 g/mol. The summed E-state index contributed by atoms with van der Waals surface area (Å²) in [5.74, 6) is -0.324. The number of aliphatic hydroxyl groups is 1. The Balaban J connectivity index is 2.45. The molecule has 0 aromatic heterocycles. The molecule has 0 saturated carbocycles. The summed E-state index contributed by atoms with van der Waals surface area (Å²) in [5.41, 5.74) is 0.338. The van der Waals surface area contributed by atoms with Crippen LogP contribution in [-0.4, -0.2) is 23.7 Å². The lowest BCUT2D eigenvalue weighted by Crippen LogP contribution is -2.33. The van der Waals surface area contributed by atoms with Gasteiger partial charge in [0.05, 0.1) is 12.5 Å². The predicted molar refractivity (Wildman–Crippen MR) is 76.3 cm³/mol. The highest BCUT2D eigenvalue weighted by atomic mass is 79.9. The Labute approximate surface area is 121 Å². The van der Waals surface area contributed by atoms with Gasteiger partial charge >= 0.3 is 0 Å². The number of hydrogen-bond acceptors (Lipinski definition) is 2. The molecule has 106 valence electrons. The molecule has 3 nitrogen and oxygen atoms in total. The van der Waals surface area contributed by atoms with Gasteiger partial charge in [0.2, 0.25) is 5.91 Å². The normalized spacial score (nSPS) is 12.5. The van der Waals surface area contributed by atoms with E-state index in [0.29, 0.717) is 17.9 Å². The maximum absolute atomic E-state index is 13.5. The fraction of sp³-hybridized carbons (Fsp3) is 0.500. The van der Waals surface area contributed by atoms with Crippen molar-refractivity contribution in [2.24, 2.45) is 5.92 Å². The van der Waals surface area contributed by atoms with Gasteiger partial charge in [0.25, 0.3) is 0 Å². The summed E-state index contributed by atoms with van der Waals surface area (Å²) >= 11 is 3.24. The maximum Gasteiger partial charge on any atom is 0.224 e. The van der Waals surface area contributed by atoms with Crippen molar-refractivity contribution in [1.82, 2.24) is 5.32 Å². The van der Waals surface area contributed by atoms with Gasteiger partial charge in [-0.25, -0.2) is 4.39 Å². The second kappa shape index (κ2) is 7.60. The van der Waals surface area contributed by atoms with E-state index in [2.05, 4.69) is 21.2 Å². The van der Waals surface area contributed by atoms with Crippen LogP contribution in [0.25, 0.3) is 0 Å². The molecule has 0 aliphatic rings. The molecular weight excluding hydrogens is 313 g/mol. The first-order chi connectivity index (χ1) is 8.88. The van der Waals surface area contributed by atoms with Gasteiger partial charge in [0.1, 0.15) is 5.82 Å². The highest BCUT2D eigenvalue weighted by Crippen LogP contribution is 2.16. The molecule has 0 spiro atoms. The van der Waals surface area contributed by atoms with Crippen molar-refractivity contribution in [3.05, 3.63) is 34.1 Å². The molecule has 0 radical (unpaired) electrons. The molecule has 1 aromatic rings. The van der Waals surface area contributed by atoms with Crippen LogP contribution in [0.15, 0.2) is 22.7 Å². The zero-order valence-corrected chi connectivity index (χ0v) is 12.7. The molecule has 1 aromatic carbocycles. The molecular formula is C14H19BrFNO2. The van der Waals surface area contributed by atoms with Gasteiger partial charge in [0.15, 0.2) is 0 Å². The number of amides is 1. The zero-order chi connectivity index (χ0) is 14.4. The number of carbonyl (C=O) groups excluding carboxylic acids is 1. The largest absolute Gasteiger partial charge is 0.391 e. The van der Waals surface area contributed by atoms with Crippen LogP contribution < -0.4 is 5.32 Å². The standard InChI is InChI=1S/C14H19BrFNO2/c1-9(2)5-12(18)8-17-14(19)7-10-6-11(15)3-4-13(10)16/h3-4,6,9,12,18H,5,7-8H2,1-2H3,(H,17,19). The van der Waals surface area contributed by atoms with Gasteiger partial charge in [-0.2, -0.15) is 0 Å². The number of nitrogens with one attached hydrogen (secondary N) is 1. The molecule has 1 amide bonds. The summed E-state index contributed by atoms with van der Waals surface area (Å²) in [4.78, 5) is 11.7. The number of rotatable bonds is 6. The van der Waals surface area contributed by atoms with Crippen molar-refractivity contribution in [3.63, 3.8) is 0 Å². The van der Waals surface area contributed by atoms with Gasteiger partial charge in [0, 0.05) is 11.0 Å². The van der Waals surface area contributed by atoms with E-state index in [9.17, 15) is 14.3 Å². The van der Waals surface area contributed by atoms with Gasteiger partial charge in [-0.15, -0.1) is 0 Å². The van der Waals surface area contributed by atoms with Crippen molar-refractivity contribution >= 4 is 21.8 Å². The average molecular weight is 332 g/mol. The minimum absolute atomic E-state index is 0.0281. The Morgan fingerprint density at radius 1 is 1.47 bits per heavy atom. The van der Waals surface area contributed by atoms with Crippen LogP contribution in [0.5, 0.6) is 0 Å². The van der Waals surface area contributed by atoms with Crippen molar-refractivity contribution in [3.8, 4) is 0 Å². The molecule has 0 heterocycles. The highest BCUT2D eigenvalue weighted by molar-refractivity contribution is 9.10. The van der Waals surface area contributed by atoms with E-state index in [0.717, 1.165) is 4.47 Å². The lowest BCUT2D eigenvalue weighted by molar-refractivity contribution is -0.121. The van der Waals surface area contributed by atoms with Gasteiger partial charge in [-0.05, 0) is 36.1 Å². The molecule has 19 heavy (non-hydrogen) atoms. The maximum atomic E-state index is 13.5. The Morgan fingerprint density at radius 2 is 2.16 bits per heavy atom. The lowest BCUT2D eigenvalue weighted by atomic mass is 10.1. The third kappa shape index (κ3) is 6.16. The fourth-order valence-corrected chi connectivity index (χ4v) is 2.18. The molecule has 0 aliphatic heterocycles. The van der Waals surface area contributed by atoms with Crippen molar-refractivity contribution in [1.29, 1.82) is 0 Å². The minimum Gasteiger partial charge on any atom is -0.391 e. The molecule has 1 unspecified atom stereocenters. The van der Waals surface area contributed by atoms with Crippen LogP contribution in [0.3, 0.4) is 0 Å². The van der Waals surface area contributed by atoms with E-state index in [1.807, 2.05) is 13.8 Å². The van der Waals surface area contributed by atoms with Crippen molar-refractivity contribution in [2.45, 2.75) is 32.8 Å². The third-order valence-electron chi connectivity index (χ3n) is 2.64. The van der Waals surface area contributed by atoms with E-state index >= 15 is 0 Å². The molecule has 1 rings (SSSR count). The molecule has 0 aliphatic carbocycles. The second-order valence-electron chi connectivity index (χ2n) is 5.00. The quantitative estimate of drug-likeness (QED) is 0.841. The molecule has 0 bridgehead atoms. The summed E-state index contributed by atoms with van der Waals surface area (Å²) in [5, 5.41) is 12.2. The van der Waals surface area contributed by atoms with Crippen LogP contribution in [-0.2, 0) is 11.2 Å². The number of benzene rings is 1. The van der Waals surface area contributed by atoms with Crippen LogP contribution in [0, 0.1) is 11.7 Å². The number of carbonyl (C=O) groups is 1. The van der Waals surface area contributed by atoms with E-state index < -0.39 is 11.9 Å². The molecule has 2 N–H and O–H groups in total. The van der Waals surface area contributed by atoms with Gasteiger partial charge < -0.3 is 10.4 Å². The molecule has 0 saturated heterocycles. The van der Waals surface area contributed by atoms with E-state index in [1.54, 1.807) is 12.1 Å². The molecule has 1 atom stereocenters. The van der Waals surface area contributed by atoms with Crippen molar-refractivity contribution in [2.75, 3.05) is 6.54 Å². The van der Waals surface area contributed by atoms with E-state index in [4.69, 9.17) is 0 Å². The number of hydrogen-bond donors (Lipinski definition) is 2. The summed E-state index contributed by atoms with van der Waals surface area (Å²) in [6.07, 6.45) is 0.0434. The minimum atomic E-state index is -0.559. The Kier molecular flexibility index (Phi) is 6.45. The summed E-state index contributed by atoms with van der Waals surface area (Å²) < 4.78 is 14.2. The fourth-order valence-electron chi connectivity index (χ4n) is 1.77. The van der Waals surface area contributed by atoms with Crippen LogP contribution >= 0.6 is 15.9 Å². The Hall–Kier alpha value is -0.940. The summed E-state index contributed by atoms with van der Waals surface area (Å²) in [6, 6.07) is 4.49. The topological polar surface area (TPSA) is 49.3 Å². The smallest absolute Gasteiger partial charge is 0.224 e. The SMILES string of the molecule is CC(C)CC(O)CNC(=O)Cc1cc(Br)ccc1F.